The van der Waals surface area contributed by atoms with Gasteiger partial charge in [-0.3, -0.25) is 4.79 Å². The first-order valence-electron chi connectivity index (χ1n) is 12.9. The van der Waals surface area contributed by atoms with Crippen molar-refractivity contribution in [2.75, 3.05) is 37.0 Å². The molecule has 0 unspecified atom stereocenters. The number of carbonyl (C=O) groups excluding carboxylic acids is 2. The van der Waals surface area contributed by atoms with Gasteiger partial charge in [-0.05, 0) is 42.5 Å². The van der Waals surface area contributed by atoms with Crippen LogP contribution in [0.1, 0.15) is 49.9 Å². The summed E-state index contributed by atoms with van der Waals surface area (Å²) in [5.74, 6) is -2.18. The van der Waals surface area contributed by atoms with E-state index >= 15 is 0 Å². The van der Waals surface area contributed by atoms with Crippen LogP contribution in [0.2, 0.25) is 0 Å². The van der Waals surface area contributed by atoms with E-state index in [1.165, 1.54) is 18.3 Å². The monoisotopic (exact) mass is 559 g/mol. The number of nitrogens with zero attached hydrogens (tertiary/aromatic N) is 4. The summed E-state index contributed by atoms with van der Waals surface area (Å²) in [5.41, 5.74) is -0.447. The van der Waals surface area contributed by atoms with Crippen LogP contribution in [0.4, 0.5) is 29.5 Å². The second kappa shape index (κ2) is 11.6. The molecule has 0 spiro atoms. The lowest BCUT2D eigenvalue weighted by molar-refractivity contribution is -0.153. The highest BCUT2D eigenvalue weighted by atomic mass is 19.4. The molecule has 1 fully saturated rings. The van der Waals surface area contributed by atoms with Gasteiger partial charge in [0.2, 0.25) is 11.7 Å². The lowest BCUT2D eigenvalue weighted by atomic mass is 9.99. The molecule has 40 heavy (non-hydrogen) atoms. The van der Waals surface area contributed by atoms with E-state index in [2.05, 4.69) is 15.3 Å². The van der Waals surface area contributed by atoms with Crippen LogP contribution in [0.25, 0.3) is 11.5 Å². The fraction of sp³-hybridized carbons (Fsp3) is 0.429. The van der Waals surface area contributed by atoms with Crippen molar-refractivity contribution >= 4 is 23.5 Å². The highest BCUT2D eigenvalue weighted by Gasteiger charge is 2.42. The van der Waals surface area contributed by atoms with E-state index in [0.29, 0.717) is 31.1 Å². The number of hydrogen-bond acceptors (Lipinski definition) is 7. The number of oxazole rings is 1. The largest absolute Gasteiger partial charge is 0.452 e. The maximum atomic E-state index is 13.6. The number of alkyl halides is 3. The van der Waals surface area contributed by atoms with Crippen LogP contribution >= 0.6 is 0 Å². The minimum Gasteiger partial charge on any atom is -0.449 e. The van der Waals surface area contributed by atoms with Gasteiger partial charge >= 0.3 is 12.3 Å². The number of pyridine rings is 1. The molecular weight excluding hydrogens is 527 g/mol. The standard InChI is InChI=1S/C28H32F3N5O4/c1-27(2,3)17-39-26(38)35(4)20-12-14-36(15-13-20)21-11-10-19(16-32-21)33-24(37)22-23(28(29,30)31)40-25(34-22)18-8-6-5-7-9-18/h5-11,16,20H,12-15,17H2,1-4H3,(H,33,37). The average Bonchev–Trinajstić information content (AvgIpc) is 3.39. The molecule has 0 atom stereocenters. The van der Waals surface area contributed by atoms with E-state index < -0.39 is 23.5 Å². The number of piperidine rings is 1. The van der Waals surface area contributed by atoms with Gasteiger partial charge in [0.25, 0.3) is 5.91 Å². The molecule has 1 saturated heterocycles. The third kappa shape index (κ3) is 7.10. The normalized spacial score (nSPS) is 14.6. The van der Waals surface area contributed by atoms with Gasteiger partial charge in [-0.15, -0.1) is 0 Å². The maximum absolute atomic E-state index is 13.6. The molecule has 1 aromatic carbocycles. The minimum absolute atomic E-state index is 0.0355. The summed E-state index contributed by atoms with van der Waals surface area (Å²) < 4.78 is 51.1. The topological polar surface area (TPSA) is 101 Å². The van der Waals surface area contributed by atoms with Crippen LogP contribution in [0, 0.1) is 5.41 Å². The molecule has 2 aromatic heterocycles. The summed E-state index contributed by atoms with van der Waals surface area (Å²) in [6.07, 6.45) is -2.43. The number of rotatable bonds is 6. The molecule has 0 aliphatic carbocycles. The smallest absolute Gasteiger partial charge is 0.449 e. The Bertz CT molecular complexity index is 1310. The van der Waals surface area contributed by atoms with Crippen molar-refractivity contribution in [2.24, 2.45) is 5.41 Å². The Hall–Kier alpha value is -4.09. The van der Waals surface area contributed by atoms with Gasteiger partial charge in [0.05, 0.1) is 18.5 Å². The van der Waals surface area contributed by atoms with E-state index in [1.807, 2.05) is 25.7 Å². The van der Waals surface area contributed by atoms with Crippen molar-refractivity contribution in [3.05, 3.63) is 60.1 Å². The lowest BCUT2D eigenvalue weighted by Gasteiger charge is -2.37. The van der Waals surface area contributed by atoms with Gasteiger partial charge in [0.1, 0.15) is 5.82 Å². The second-order valence-corrected chi connectivity index (χ2v) is 10.9. The number of anilines is 2. The first kappa shape index (κ1) is 28.9. The summed E-state index contributed by atoms with van der Waals surface area (Å²) in [4.78, 5) is 37.0. The molecule has 1 aliphatic rings. The zero-order chi connectivity index (χ0) is 29.1. The molecule has 1 N–H and O–H groups in total. The van der Waals surface area contributed by atoms with Gasteiger partial charge < -0.3 is 24.3 Å². The predicted octanol–water partition coefficient (Wildman–Crippen LogP) is 6.09. The minimum atomic E-state index is -4.90. The highest BCUT2D eigenvalue weighted by molar-refractivity contribution is 6.04. The number of benzene rings is 1. The Morgan fingerprint density at radius 3 is 2.35 bits per heavy atom. The van der Waals surface area contributed by atoms with Crippen LogP contribution < -0.4 is 10.2 Å². The Morgan fingerprint density at radius 1 is 1.10 bits per heavy atom. The van der Waals surface area contributed by atoms with E-state index in [0.717, 1.165) is 12.8 Å². The van der Waals surface area contributed by atoms with E-state index in [1.54, 1.807) is 42.3 Å². The number of nitrogens with one attached hydrogen (secondary N) is 1. The molecule has 3 heterocycles. The Morgan fingerprint density at radius 2 is 1.77 bits per heavy atom. The van der Waals surface area contributed by atoms with Gasteiger partial charge in [0.15, 0.2) is 5.69 Å². The van der Waals surface area contributed by atoms with Crippen molar-refractivity contribution < 1.29 is 31.9 Å². The lowest BCUT2D eigenvalue weighted by Crippen LogP contribution is -2.46. The molecular formula is C28H32F3N5O4. The second-order valence-electron chi connectivity index (χ2n) is 10.9. The summed E-state index contributed by atoms with van der Waals surface area (Å²) in [5, 5.41) is 2.42. The molecule has 0 radical (unpaired) electrons. The zero-order valence-electron chi connectivity index (χ0n) is 22.8. The number of amides is 2. The Kier molecular flexibility index (Phi) is 8.36. The summed E-state index contributed by atoms with van der Waals surface area (Å²) in [6, 6.07) is 11.3. The van der Waals surface area contributed by atoms with Crippen LogP contribution in [0.5, 0.6) is 0 Å². The first-order valence-corrected chi connectivity index (χ1v) is 12.9. The van der Waals surface area contributed by atoms with E-state index in [4.69, 9.17) is 9.15 Å². The van der Waals surface area contributed by atoms with Gasteiger partial charge in [-0.2, -0.15) is 13.2 Å². The molecule has 1 aliphatic heterocycles. The van der Waals surface area contributed by atoms with Crippen LogP contribution in [0.15, 0.2) is 53.1 Å². The number of aromatic nitrogens is 2. The van der Waals surface area contributed by atoms with Crippen LogP contribution in [-0.2, 0) is 10.9 Å². The molecule has 0 bridgehead atoms. The van der Waals surface area contributed by atoms with Crippen molar-refractivity contribution in [3.8, 4) is 11.5 Å². The zero-order valence-corrected chi connectivity index (χ0v) is 22.8. The van der Waals surface area contributed by atoms with Gasteiger partial charge in [-0.25, -0.2) is 14.8 Å². The first-order chi connectivity index (χ1) is 18.8. The molecule has 2 amide bonds. The van der Waals surface area contributed by atoms with Crippen LogP contribution in [0.3, 0.4) is 0 Å². The fourth-order valence-corrected chi connectivity index (χ4v) is 4.22. The molecule has 9 nitrogen and oxygen atoms in total. The quantitative estimate of drug-likeness (QED) is 0.390. The van der Waals surface area contributed by atoms with E-state index in [-0.39, 0.29) is 29.1 Å². The third-order valence-corrected chi connectivity index (χ3v) is 6.38. The maximum Gasteiger partial charge on any atom is 0.452 e. The third-order valence-electron chi connectivity index (χ3n) is 6.38. The van der Waals surface area contributed by atoms with Gasteiger partial charge in [-0.1, -0.05) is 39.0 Å². The summed E-state index contributed by atoms with van der Waals surface area (Å²) >= 11 is 0. The van der Waals surface area contributed by atoms with Gasteiger partial charge in [0, 0.05) is 31.7 Å². The number of hydrogen-bond donors (Lipinski definition) is 1. The average molecular weight is 560 g/mol. The predicted molar refractivity (Wildman–Crippen MR) is 143 cm³/mol. The van der Waals surface area contributed by atoms with E-state index in [9.17, 15) is 22.8 Å². The fourth-order valence-electron chi connectivity index (χ4n) is 4.22. The number of carbonyl (C=O) groups is 2. The molecule has 12 heteroatoms. The number of halogens is 3. The molecule has 214 valence electrons. The van der Waals surface area contributed by atoms with Crippen molar-refractivity contribution in [1.29, 1.82) is 0 Å². The molecule has 4 rings (SSSR count). The molecule has 3 aromatic rings. The number of ether oxygens (including phenoxy) is 1. The Balaban J connectivity index is 1.37. The van der Waals surface area contributed by atoms with Crippen LogP contribution in [-0.4, -0.2) is 59.7 Å². The Labute approximate surface area is 230 Å². The van der Waals surface area contributed by atoms with Crippen molar-refractivity contribution in [1.82, 2.24) is 14.9 Å². The van der Waals surface area contributed by atoms with Crippen molar-refractivity contribution in [2.45, 2.75) is 45.8 Å². The molecule has 0 saturated carbocycles. The van der Waals surface area contributed by atoms with Crippen molar-refractivity contribution in [3.63, 3.8) is 0 Å². The summed E-state index contributed by atoms with van der Waals surface area (Å²) in [6.45, 7) is 7.63. The summed E-state index contributed by atoms with van der Waals surface area (Å²) in [7, 11) is 1.74. The highest BCUT2D eigenvalue weighted by Crippen LogP contribution is 2.35. The SMILES string of the molecule is CN(C(=O)OCC(C)(C)C)C1CCN(c2ccc(NC(=O)c3nc(-c4ccccc4)oc3C(F)(F)F)cn2)CC1.